The van der Waals surface area contributed by atoms with E-state index in [2.05, 4.69) is 93.7 Å². The number of ether oxygens (including phenoxy) is 3. The predicted molar refractivity (Wildman–Crippen MR) is 293 cm³/mol. The number of carbonyl (C=O) groups is 3. The van der Waals surface area contributed by atoms with Gasteiger partial charge in [-0.2, -0.15) is 0 Å². The molecule has 0 fully saturated rings. The number of allylic oxidation sites excluding steroid dienone is 12. The molecule has 392 valence electrons. The Morgan fingerprint density at radius 2 is 0.574 bits per heavy atom. The molecule has 0 aliphatic carbocycles. The van der Waals surface area contributed by atoms with E-state index in [0.29, 0.717) is 19.3 Å². The summed E-state index contributed by atoms with van der Waals surface area (Å²) in [6, 6.07) is 0. The van der Waals surface area contributed by atoms with Crippen molar-refractivity contribution in [3.05, 3.63) is 72.9 Å². The smallest absolute Gasteiger partial charge is 0.306 e. The number of carbonyl (C=O) groups excluding carboxylic acids is 3. The lowest BCUT2D eigenvalue weighted by atomic mass is 10.0. The number of hydrogen-bond acceptors (Lipinski definition) is 6. The van der Waals surface area contributed by atoms with Crippen molar-refractivity contribution in [2.24, 2.45) is 0 Å². The summed E-state index contributed by atoms with van der Waals surface area (Å²) in [4.78, 5) is 38.2. The van der Waals surface area contributed by atoms with Crippen LogP contribution >= 0.6 is 0 Å². The van der Waals surface area contributed by atoms with E-state index in [9.17, 15) is 14.4 Å². The van der Waals surface area contributed by atoms with Crippen molar-refractivity contribution in [2.45, 2.75) is 290 Å². The first-order valence-electron chi connectivity index (χ1n) is 28.9. The molecule has 0 aromatic carbocycles. The van der Waals surface area contributed by atoms with Crippen molar-refractivity contribution in [3.8, 4) is 0 Å². The van der Waals surface area contributed by atoms with Crippen molar-refractivity contribution in [3.63, 3.8) is 0 Å². The first-order valence-corrected chi connectivity index (χ1v) is 28.9. The van der Waals surface area contributed by atoms with Gasteiger partial charge in [-0.05, 0) is 89.9 Å². The van der Waals surface area contributed by atoms with E-state index >= 15 is 0 Å². The van der Waals surface area contributed by atoms with E-state index in [-0.39, 0.29) is 31.1 Å². The normalized spacial score (nSPS) is 12.6. The van der Waals surface area contributed by atoms with Crippen LogP contribution in [0.15, 0.2) is 72.9 Å². The van der Waals surface area contributed by atoms with Gasteiger partial charge in [-0.15, -0.1) is 0 Å². The second kappa shape index (κ2) is 56.4. The van der Waals surface area contributed by atoms with E-state index in [1.54, 1.807) is 0 Å². The summed E-state index contributed by atoms with van der Waals surface area (Å²) in [5.74, 6) is -0.918. The van der Waals surface area contributed by atoms with Crippen LogP contribution in [0.1, 0.15) is 284 Å². The van der Waals surface area contributed by atoms with Gasteiger partial charge in [0.05, 0.1) is 0 Å². The summed E-state index contributed by atoms with van der Waals surface area (Å²) >= 11 is 0. The third-order valence-electron chi connectivity index (χ3n) is 12.4. The fourth-order valence-corrected chi connectivity index (χ4v) is 8.11. The summed E-state index contributed by atoms with van der Waals surface area (Å²) in [6.45, 7) is 6.51. The highest BCUT2D eigenvalue weighted by molar-refractivity contribution is 5.71. The maximum absolute atomic E-state index is 12.9. The minimum atomic E-state index is -0.791. The maximum atomic E-state index is 12.9. The number of unbranched alkanes of at least 4 members (excludes halogenated alkanes) is 29. The third-order valence-corrected chi connectivity index (χ3v) is 12.4. The molecule has 68 heavy (non-hydrogen) atoms. The highest BCUT2D eigenvalue weighted by Gasteiger charge is 2.19. The van der Waals surface area contributed by atoms with Crippen LogP contribution in [0.2, 0.25) is 0 Å². The van der Waals surface area contributed by atoms with Gasteiger partial charge in [0.1, 0.15) is 13.2 Å². The van der Waals surface area contributed by atoms with Crippen molar-refractivity contribution in [1.82, 2.24) is 0 Å². The molecule has 1 unspecified atom stereocenters. The Morgan fingerprint density at radius 1 is 0.309 bits per heavy atom. The maximum Gasteiger partial charge on any atom is 0.306 e. The first-order chi connectivity index (χ1) is 33.5. The van der Waals surface area contributed by atoms with Crippen LogP contribution in [0.3, 0.4) is 0 Å². The van der Waals surface area contributed by atoms with Crippen molar-refractivity contribution >= 4 is 17.9 Å². The Balaban J connectivity index is 4.43. The minimum Gasteiger partial charge on any atom is -0.462 e. The van der Waals surface area contributed by atoms with E-state index < -0.39 is 6.10 Å². The lowest BCUT2D eigenvalue weighted by Crippen LogP contribution is -2.30. The quantitative estimate of drug-likeness (QED) is 0.0262. The summed E-state index contributed by atoms with van der Waals surface area (Å²) in [6.07, 6.45) is 71.7. The molecule has 6 nitrogen and oxygen atoms in total. The Morgan fingerprint density at radius 3 is 0.926 bits per heavy atom. The highest BCUT2D eigenvalue weighted by atomic mass is 16.6. The zero-order valence-corrected chi connectivity index (χ0v) is 44.9. The highest BCUT2D eigenvalue weighted by Crippen LogP contribution is 2.16. The van der Waals surface area contributed by atoms with Gasteiger partial charge in [0.25, 0.3) is 0 Å². The first kappa shape index (κ1) is 64.8. The molecular weight excluding hydrogens is 841 g/mol. The van der Waals surface area contributed by atoms with E-state index in [0.717, 1.165) is 103 Å². The van der Waals surface area contributed by atoms with E-state index in [1.807, 2.05) is 0 Å². The Kier molecular flexibility index (Phi) is 53.8. The lowest BCUT2D eigenvalue weighted by molar-refractivity contribution is -0.167. The van der Waals surface area contributed by atoms with Crippen molar-refractivity contribution in [2.75, 3.05) is 13.2 Å². The topological polar surface area (TPSA) is 78.9 Å². The fourth-order valence-electron chi connectivity index (χ4n) is 8.11. The third kappa shape index (κ3) is 53.8. The standard InChI is InChI=1S/C62H108O6/c1-4-7-10-13-16-19-22-25-28-30-31-32-35-37-40-43-46-49-52-55-61(64)67-58-59(57-66-60(63)54-51-48-45-42-39-36-33-27-24-21-18-15-12-9-6-3)68-62(65)56-53-50-47-44-41-38-34-29-26-23-20-17-14-11-8-5-2/h7,10,16,19,25,27-28,31-33,37,40,59H,4-6,8-9,11-15,17-18,20-24,26,29-30,34-36,38-39,41-58H2,1-3H3/b10-7-,19-16-,28-25-,32-31-,33-27-,40-37-. The zero-order valence-electron chi connectivity index (χ0n) is 44.9. The van der Waals surface area contributed by atoms with Crippen LogP contribution in [0.25, 0.3) is 0 Å². The van der Waals surface area contributed by atoms with Gasteiger partial charge in [-0.1, -0.05) is 248 Å². The molecule has 0 aromatic heterocycles. The average molecular weight is 950 g/mol. The van der Waals surface area contributed by atoms with Crippen molar-refractivity contribution < 1.29 is 28.6 Å². The van der Waals surface area contributed by atoms with Crippen molar-refractivity contribution in [1.29, 1.82) is 0 Å². The van der Waals surface area contributed by atoms with Crippen LogP contribution in [0, 0.1) is 0 Å². The summed E-state index contributed by atoms with van der Waals surface area (Å²) < 4.78 is 16.8. The van der Waals surface area contributed by atoms with Crippen LogP contribution in [-0.4, -0.2) is 37.2 Å². The molecule has 0 radical (unpaired) electrons. The Hall–Kier alpha value is -3.15. The fraction of sp³-hybridized carbons (Fsp3) is 0.758. The largest absolute Gasteiger partial charge is 0.462 e. The molecule has 0 aromatic rings. The van der Waals surface area contributed by atoms with Gasteiger partial charge in [-0.25, -0.2) is 0 Å². The molecule has 0 spiro atoms. The minimum absolute atomic E-state index is 0.0882. The molecule has 0 bridgehead atoms. The van der Waals surface area contributed by atoms with Gasteiger partial charge >= 0.3 is 17.9 Å². The molecule has 6 heteroatoms. The molecular formula is C62H108O6. The van der Waals surface area contributed by atoms with Crippen LogP contribution < -0.4 is 0 Å². The average Bonchev–Trinajstić information content (AvgIpc) is 3.34. The van der Waals surface area contributed by atoms with Gasteiger partial charge in [0.2, 0.25) is 0 Å². The lowest BCUT2D eigenvalue weighted by Gasteiger charge is -2.18. The molecule has 0 aliphatic heterocycles. The molecule has 0 saturated carbocycles. The Labute approximate surface area is 421 Å². The van der Waals surface area contributed by atoms with E-state index in [1.165, 1.54) is 141 Å². The summed E-state index contributed by atoms with van der Waals surface area (Å²) in [5.41, 5.74) is 0. The predicted octanol–water partition coefficient (Wildman–Crippen LogP) is 19.4. The van der Waals surface area contributed by atoms with Gasteiger partial charge < -0.3 is 14.2 Å². The SMILES string of the molecule is CC/C=C\C/C=C\C/C=C\C/C=C\C/C=C\CCCCCC(=O)OCC(COC(=O)CCCCCCC/C=C\CCCCCCCC)OC(=O)CCCCCCCCCCCCCCCCCC. The monoisotopic (exact) mass is 949 g/mol. The second-order valence-corrected chi connectivity index (χ2v) is 19.2. The zero-order chi connectivity index (χ0) is 49.3. The molecule has 1 atom stereocenters. The molecule has 0 saturated heterocycles. The molecule has 0 aliphatic rings. The van der Waals surface area contributed by atoms with Crippen LogP contribution in [0.4, 0.5) is 0 Å². The Bertz CT molecular complexity index is 1270. The second-order valence-electron chi connectivity index (χ2n) is 19.2. The molecule has 0 N–H and O–H groups in total. The number of rotatable bonds is 52. The summed E-state index contributed by atoms with van der Waals surface area (Å²) in [5, 5.41) is 0. The van der Waals surface area contributed by atoms with Gasteiger partial charge in [0.15, 0.2) is 6.10 Å². The van der Waals surface area contributed by atoms with Gasteiger partial charge in [0, 0.05) is 19.3 Å². The van der Waals surface area contributed by atoms with Gasteiger partial charge in [-0.3, -0.25) is 14.4 Å². The molecule has 0 rings (SSSR count). The molecule has 0 amide bonds. The van der Waals surface area contributed by atoms with E-state index in [4.69, 9.17) is 14.2 Å². The van der Waals surface area contributed by atoms with Crippen LogP contribution in [0.5, 0.6) is 0 Å². The summed E-state index contributed by atoms with van der Waals surface area (Å²) in [7, 11) is 0. The number of esters is 3. The van der Waals surface area contributed by atoms with Crippen LogP contribution in [-0.2, 0) is 28.6 Å². The molecule has 0 heterocycles. The number of hydrogen-bond donors (Lipinski definition) is 0.